The molecule has 1 fully saturated rings. The van der Waals surface area contributed by atoms with Crippen LogP contribution in [0.4, 0.5) is 5.13 Å². The molecule has 1 aromatic carbocycles. The molecule has 1 aliphatic heterocycles. The van der Waals surface area contributed by atoms with Crippen molar-refractivity contribution in [1.29, 1.82) is 0 Å². The lowest BCUT2D eigenvalue weighted by Gasteiger charge is -2.13. The predicted molar refractivity (Wildman–Crippen MR) is 113 cm³/mol. The second kappa shape index (κ2) is 9.57. The molecular formula is C19H19N3O5S2. The first-order valence-electron chi connectivity index (χ1n) is 8.74. The predicted octanol–water partition coefficient (Wildman–Crippen LogP) is 3.63. The van der Waals surface area contributed by atoms with E-state index in [9.17, 15) is 9.59 Å². The summed E-state index contributed by atoms with van der Waals surface area (Å²) in [5, 5.41) is 11.8. The number of amidine groups is 1. The summed E-state index contributed by atoms with van der Waals surface area (Å²) in [6.07, 6.45) is 4.23. The van der Waals surface area contributed by atoms with Crippen molar-refractivity contribution in [2.45, 2.75) is 13.3 Å². The lowest BCUT2D eigenvalue weighted by molar-refractivity contribution is -0.139. The first kappa shape index (κ1) is 20.9. The number of hydrogen-bond donors (Lipinski definition) is 1. The van der Waals surface area contributed by atoms with Gasteiger partial charge in [-0.15, -0.1) is 11.3 Å². The number of carbonyl (C=O) groups excluding carboxylic acids is 1. The van der Waals surface area contributed by atoms with Crippen LogP contribution in [0.15, 0.2) is 39.7 Å². The molecule has 1 aromatic heterocycles. The van der Waals surface area contributed by atoms with Crippen molar-refractivity contribution in [2.75, 3.05) is 20.3 Å². The van der Waals surface area contributed by atoms with Crippen LogP contribution in [-0.2, 0) is 9.59 Å². The van der Waals surface area contributed by atoms with Gasteiger partial charge in [0.15, 0.2) is 23.3 Å². The maximum atomic E-state index is 12.9. The average Bonchev–Trinajstić information content (AvgIpc) is 3.31. The normalized spacial score (nSPS) is 16.6. The third-order valence-electron chi connectivity index (χ3n) is 3.78. The van der Waals surface area contributed by atoms with Crippen molar-refractivity contribution in [3.63, 3.8) is 0 Å². The monoisotopic (exact) mass is 433 g/mol. The molecule has 1 saturated heterocycles. The number of amides is 1. The highest BCUT2D eigenvalue weighted by molar-refractivity contribution is 8.18. The van der Waals surface area contributed by atoms with Crippen LogP contribution in [0.1, 0.15) is 18.9 Å². The van der Waals surface area contributed by atoms with Crippen LogP contribution in [0, 0.1) is 0 Å². The average molecular weight is 434 g/mol. The Labute approximate surface area is 175 Å². The van der Waals surface area contributed by atoms with Crippen LogP contribution in [-0.4, -0.2) is 52.3 Å². The molecule has 1 aliphatic rings. The molecule has 8 nitrogen and oxygen atoms in total. The number of carboxylic acid groups (broad SMARTS) is 1. The maximum Gasteiger partial charge on any atom is 0.341 e. The minimum Gasteiger partial charge on any atom is -0.493 e. The van der Waals surface area contributed by atoms with E-state index in [1.807, 2.05) is 12.3 Å². The number of thiazole rings is 1. The molecule has 0 atom stereocenters. The maximum absolute atomic E-state index is 12.9. The molecule has 0 saturated carbocycles. The molecule has 0 aliphatic carbocycles. The first-order valence-corrected chi connectivity index (χ1v) is 10.4. The number of carbonyl (C=O) groups is 2. The standard InChI is InChI=1S/C19H19N3O5S2/c1-3-7-22-17(25)15(29-19(22)21-18-20-6-8-28-18)10-12-4-5-13(14(9-12)26-2)27-11-16(23)24/h4-6,8-10H,3,7,11H2,1-2H3,(H,23,24)/b15-10+,21-19+. The van der Waals surface area contributed by atoms with E-state index in [2.05, 4.69) is 9.98 Å². The number of nitrogens with zero attached hydrogens (tertiary/aromatic N) is 3. The highest BCUT2D eigenvalue weighted by Gasteiger charge is 2.33. The number of ether oxygens (including phenoxy) is 2. The van der Waals surface area contributed by atoms with Crippen molar-refractivity contribution in [3.05, 3.63) is 40.2 Å². The van der Waals surface area contributed by atoms with Gasteiger partial charge in [-0.2, -0.15) is 4.99 Å². The fourth-order valence-electron chi connectivity index (χ4n) is 2.55. The largest absolute Gasteiger partial charge is 0.493 e. The van der Waals surface area contributed by atoms with Gasteiger partial charge < -0.3 is 14.6 Å². The smallest absolute Gasteiger partial charge is 0.341 e. The molecule has 1 amide bonds. The Morgan fingerprint density at radius 2 is 2.21 bits per heavy atom. The molecule has 10 heteroatoms. The Bertz CT molecular complexity index is 957. The van der Waals surface area contributed by atoms with Crippen LogP contribution in [0.3, 0.4) is 0 Å². The SMILES string of the molecule is CCCN1C(=O)/C(=C\c2ccc(OCC(=O)O)c(OC)c2)S/C1=N/c1nccs1. The van der Waals surface area contributed by atoms with E-state index in [0.29, 0.717) is 33.2 Å². The van der Waals surface area contributed by atoms with Crippen LogP contribution >= 0.6 is 23.1 Å². The van der Waals surface area contributed by atoms with E-state index in [4.69, 9.17) is 14.6 Å². The number of aliphatic carboxylic acids is 1. The summed E-state index contributed by atoms with van der Waals surface area (Å²) in [5.74, 6) is -0.481. The minimum absolute atomic E-state index is 0.114. The van der Waals surface area contributed by atoms with Gasteiger partial charge in [-0.25, -0.2) is 9.78 Å². The van der Waals surface area contributed by atoms with E-state index in [1.165, 1.54) is 30.2 Å². The Balaban J connectivity index is 1.87. The molecule has 29 heavy (non-hydrogen) atoms. The molecule has 2 heterocycles. The lowest BCUT2D eigenvalue weighted by Crippen LogP contribution is -2.29. The van der Waals surface area contributed by atoms with E-state index in [0.717, 1.165) is 12.0 Å². The van der Waals surface area contributed by atoms with Gasteiger partial charge in [0.1, 0.15) is 0 Å². The van der Waals surface area contributed by atoms with E-state index >= 15 is 0 Å². The number of benzene rings is 1. The molecule has 3 rings (SSSR count). The van der Waals surface area contributed by atoms with E-state index < -0.39 is 12.6 Å². The van der Waals surface area contributed by atoms with Crippen molar-refractivity contribution in [2.24, 2.45) is 4.99 Å². The summed E-state index contributed by atoms with van der Waals surface area (Å²) in [5.41, 5.74) is 0.729. The molecule has 152 valence electrons. The Kier molecular flexibility index (Phi) is 6.89. The molecular weight excluding hydrogens is 414 g/mol. The highest BCUT2D eigenvalue weighted by atomic mass is 32.2. The van der Waals surface area contributed by atoms with Gasteiger partial charge in [-0.3, -0.25) is 9.69 Å². The third kappa shape index (κ3) is 5.15. The van der Waals surface area contributed by atoms with Crippen molar-refractivity contribution >= 4 is 51.4 Å². The Morgan fingerprint density at radius 3 is 2.86 bits per heavy atom. The Morgan fingerprint density at radius 1 is 1.38 bits per heavy atom. The van der Waals surface area contributed by atoms with Gasteiger partial charge in [0, 0.05) is 18.1 Å². The fourth-order valence-corrected chi connectivity index (χ4v) is 4.12. The summed E-state index contributed by atoms with van der Waals surface area (Å²) >= 11 is 2.70. The van der Waals surface area contributed by atoms with Crippen molar-refractivity contribution in [3.8, 4) is 11.5 Å². The number of rotatable bonds is 8. The number of aliphatic imine (C=N–C) groups is 1. The van der Waals surface area contributed by atoms with Gasteiger partial charge in [-0.1, -0.05) is 13.0 Å². The van der Waals surface area contributed by atoms with E-state index in [-0.39, 0.29) is 5.91 Å². The van der Waals surface area contributed by atoms with Gasteiger partial charge in [0.05, 0.1) is 12.0 Å². The van der Waals surface area contributed by atoms with Crippen LogP contribution in [0.2, 0.25) is 0 Å². The van der Waals surface area contributed by atoms with Crippen molar-refractivity contribution in [1.82, 2.24) is 9.88 Å². The van der Waals surface area contributed by atoms with Crippen LogP contribution in [0.5, 0.6) is 11.5 Å². The molecule has 0 radical (unpaired) electrons. The van der Waals surface area contributed by atoms with Crippen LogP contribution in [0.25, 0.3) is 6.08 Å². The zero-order valence-corrected chi connectivity index (χ0v) is 17.5. The number of thioether (sulfide) groups is 1. The Hall–Kier alpha value is -2.85. The third-order valence-corrected chi connectivity index (χ3v) is 5.45. The summed E-state index contributed by atoms with van der Waals surface area (Å²) < 4.78 is 10.5. The zero-order valence-electron chi connectivity index (χ0n) is 15.8. The summed E-state index contributed by atoms with van der Waals surface area (Å²) in [4.78, 5) is 34.4. The molecule has 1 N–H and O–H groups in total. The van der Waals surface area contributed by atoms with Gasteiger partial charge in [0.2, 0.25) is 5.13 Å². The van der Waals surface area contributed by atoms with Gasteiger partial charge >= 0.3 is 5.97 Å². The molecule has 0 bridgehead atoms. The number of hydrogen-bond acceptors (Lipinski definition) is 8. The van der Waals surface area contributed by atoms with Gasteiger partial charge in [0.25, 0.3) is 5.91 Å². The molecule has 0 spiro atoms. The quantitative estimate of drug-likeness (QED) is 0.634. The number of aromatic nitrogens is 1. The lowest BCUT2D eigenvalue weighted by atomic mass is 10.2. The topological polar surface area (TPSA) is 101 Å². The second-order valence-corrected chi connectivity index (χ2v) is 7.75. The summed E-state index contributed by atoms with van der Waals surface area (Å²) in [7, 11) is 1.47. The van der Waals surface area contributed by atoms with Gasteiger partial charge in [-0.05, 0) is 42.0 Å². The highest BCUT2D eigenvalue weighted by Crippen LogP contribution is 2.36. The second-order valence-electron chi connectivity index (χ2n) is 5.87. The van der Waals surface area contributed by atoms with E-state index in [1.54, 1.807) is 35.4 Å². The van der Waals surface area contributed by atoms with Crippen molar-refractivity contribution < 1.29 is 24.2 Å². The number of methoxy groups -OCH3 is 1. The fraction of sp³-hybridized carbons (Fsp3) is 0.263. The minimum atomic E-state index is -1.07. The number of carboxylic acids is 1. The summed E-state index contributed by atoms with van der Waals surface area (Å²) in [6, 6.07) is 5.05. The summed E-state index contributed by atoms with van der Waals surface area (Å²) in [6.45, 7) is 2.10. The zero-order chi connectivity index (χ0) is 20.8. The van der Waals surface area contributed by atoms with Crippen LogP contribution < -0.4 is 9.47 Å². The molecule has 0 unspecified atom stereocenters. The molecule has 2 aromatic rings. The first-order chi connectivity index (χ1) is 14.0.